The molecule has 0 saturated heterocycles. The Labute approximate surface area is 170 Å². The Hall–Kier alpha value is -3.20. The standard InChI is InChI=1S/C20H19N5O3S/c1-20(2)8-13-16(17(26)24-20)29-19(23-13)25-5-6-28-15-4-3-11(7-14(15)25)12-9-21-18(27)22-10-12/h3-4,7,9-10H,5-6,8H2,1-2H3,(H,24,26)(H,21,22,27). The van der Waals surface area contributed by atoms with Crippen molar-refractivity contribution in [2.75, 3.05) is 18.1 Å². The van der Waals surface area contributed by atoms with Crippen molar-refractivity contribution in [1.29, 1.82) is 0 Å². The van der Waals surface area contributed by atoms with Crippen molar-refractivity contribution in [3.05, 3.63) is 51.6 Å². The van der Waals surface area contributed by atoms with Crippen LogP contribution in [0, 0.1) is 0 Å². The van der Waals surface area contributed by atoms with Crippen LogP contribution >= 0.6 is 11.3 Å². The molecule has 3 aromatic rings. The number of ether oxygens (including phenoxy) is 1. The minimum atomic E-state index is -0.383. The summed E-state index contributed by atoms with van der Waals surface area (Å²) in [5.41, 5.74) is 2.74. The molecule has 0 bridgehead atoms. The molecule has 8 nitrogen and oxygen atoms in total. The van der Waals surface area contributed by atoms with E-state index >= 15 is 0 Å². The van der Waals surface area contributed by atoms with Gasteiger partial charge in [-0.15, -0.1) is 0 Å². The first kappa shape index (κ1) is 17.9. The lowest BCUT2D eigenvalue weighted by Crippen LogP contribution is -2.48. The lowest BCUT2D eigenvalue weighted by Gasteiger charge is -2.29. The van der Waals surface area contributed by atoms with Crippen molar-refractivity contribution in [3.8, 4) is 16.9 Å². The Morgan fingerprint density at radius 2 is 2.10 bits per heavy atom. The van der Waals surface area contributed by atoms with E-state index in [1.165, 1.54) is 11.3 Å². The van der Waals surface area contributed by atoms with Crippen LogP contribution in [0.2, 0.25) is 0 Å². The van der Waals surface area contributed by atoms with E-state index in [1.54, 1.807) is 12.4 Å². The molecule has 1 amide bonds. The Kier molecular flexibility index (Phi) is 3.95. The third kappa shape index (κ3) is 3.17. The summed E-state index contributed by atoms with van der Waals surface area (Å²) in [6.07, 6.45) is 3.88. The van der Waals surface area contributed by atoms with Crippen LogP contribution in [0.1, 0.15) is 29.2 Å². The van der Waals surface area contributed by atoms with Crippen LogP contribution < -0.4 is 20.6 Å². The molecule has 0 spiro atoms. The third-order valence-electron chi connectivity index (χ3n) is 5.01. The van der Waals surface area contributed by atoms with Crippen molar-refractivity contribution in [2.45, 2.75) is 25.8 Å². The van der Waals surface area contributed by atoms with E-state index in [0.29, 0.717) is 24.4 Å². The van der Waals surface area contributed by atoms with Crippen molar-refractivity contribution >= 4 is 28.1 Å². The number of fused-ring (bicyclic) bond motifs is 2. The summed E-state index contributed by atoms with van der Waals surface area (Å²) in [6.45, 7) is 5.18. The second kappa shape index (κ2) is 6.41. The molecule has 9 heteroatoms. The van der Waals surface area contributed by atoms with Gasteiger partial charge < -0.3 is 19.9 Å². The van der Waals surface area contributed by atoms with Gasteiger partial charge in [-0.25, -0.2) is 14.8 Å². The number of hydrogen-bond donors (Lipinski definition) is 2. The number of aromatic amines is 1. The number of nitrogens with one attached hydrogen (secondary N) is 2. The minimum absolute atomic E-state index is 0.0680. The van der Waals surface area contributed by atoms with Gasteiger partial charge in [-0.05, 0) is 31.5 Å². The molecule has 2 N–H and O–H groups in total. The van der Waals surface area contributed by atoms with E-state index < -0.39 is 0 Å². The number of anilines is 2. The molecule has 0 aliphatic carbocycles. The van der Waals surface area contributed by atoms with Crippen molar-refractivity contribution < 1.29 is 9.53 Å². The summed E-state index contributed by atoms with van der Waals surface area (Å²) in [6, 6.07) is 5.83. The van der Waals surface area contributed by atoms with E-state index in [0.717, 1.165) is 33.4 Å². The average Bonchev–Trinajstić information content (AvgIpc) is 3.10. The summed E-state index contributed by atoms with van der Waals surface area (Å²) in [5, 5.41) is 3.82. The quantitative estimate of drug-likeness (QED) is 0.675. The molecule has 0 atom stereocenters. The molecule has 1 aromatic carbocycles. The number of carbonyl (C=O) groups excluding carboxylic acids is 1. The van der Waals surface area contributed by atoms with Crippen molar-refractivity contribution in [3.63, 3.8) is 0 Å². The van der Waals surface area contributed by atoms with E-state index in [2.05, 4.69) is 20.2 Å². The van der Waals surface area contributed by atoms with Crippen molar-refractivity contribution in [2.24, 2.45) is 0 Å². The van der Waals surface area contributed by atoms with Crippen LogP contribution in [0.5, 0.6) is 5.75 Å². The summed E-state index contributed by atoms with van der Waals surface area (Å²) in [5.74, 6) is 0.692. The van der Waals surface area contributed by atoms with Crippen LogP contribution in [0.25, 0.3) is 11.1 Å². The molecule has 148 valence electrons. The lowest BCUT2D eigenvalue weighted by atomic mass is 9.94. The number of aromatic nitrogens is 3. The summed E-state index contributed by atoms with van der Waals surface area (Å²) >= 11 is 1.41. The third-order valence-corrected chi connectivity index (χ3v) is 6.13. The Balaban J connectivity index is 1.56. The van der Waals surface area contributed by atoms with Gasteiger partial charge in [-0.2, -0.15) is 0 Å². The largest absolute Gasteiger partial charge is 0.490 e. The highest BCUT2D eigenvalue weighted by molar-refractivity contribution is 7.17. The zero-order valence-corrected chi connectivity index (χ0v) is 16.8. The average molecular weight is 409 g/mol. The molecule has 0 unspecified atom stereocenters. The molecule has 4 heterocycles. The van der Waals surface area contributed by atoms with Gasteiger partial charge >= 0.3 is 5.69 Å². The van der Waals surface area contributed by atoms with E-state index in [1.807, 2.05) is 32.0 Å². The first-order chi connectivity index (χ1) is 13.9. The lowest BCUT2D eigenvalue weighted by molar-refractivity contribution is 0.0901. The predicted octanol–water partition coefficient (Wildman–Crippen LogP) is 2.49. The van der Waals surface area contributed by atoms with Gasteiger partial charge in [0.1, 0.15) is 17.2 Å². The number of carbonyl (C=O) groups is 1. The van der Waals surface area contributed by atoms with Gasteiger partial charge in [0.25, 0.3) is 5.91 Å². The topological polar surface area (TPSA) is 100 Å². The zero-order chi connectivity index (χ0) is 20.2. The second-order valence-corrected chi connectivity index (χ2v) is 8.75. The summed E-state index contributed by atoms with van der Waals surface area (Å²) in [7, 11) is 0. The summed E-state index contributed by atoms with van der Waals surface area (Å²) < 4.78 is 5.82. The van der Waals surface area contributed by atoms with Crippen LogP contribution in [-0.4, -0.2) is 39.5 Å². The Bertz CT molecular complexity index is 1160. The van der Waals surface area contributed by atoms with E-state index in [9.17, 15) is 9.59 Å². The number of rotatable bonds is 2. The highest BCUT2D eigenvalue weighted by atomic mass is 32.1. The maximum atomic E-state index is 12.5. The molecule has 2 aliphatic rings. The Morgan fingerprint density at radius 1 is 1.24 bits per heavy atom. The van der Waals surface area contributed by atoms with Gasteiger partial charge in [-0.1, -0.05) is 17.4 Å². The smallest absolute Gasteiger partial charge is 0.344 e. The monoisotopic (exact) mass is 409 g/mol. The number of benzene rings is 1. The van der Waals surface area contributed by atoms with Gasteiger partial charge in [0.2, 0.25) is 0 Å². The van der Waals surface area contributed by atoms with Crippen LogP contribution in [0.15, 0.2) is 35.4 Å². The Morgan fingerprint density at radius 3 is 2.90 bits per heavy atom. The zero-order valence-electron chi connectivity index (χ0n) is 16.0. The maximum absolute atomic E-state index is 12.5. The van der Waals surface area contributed by atoms with Crippen molar-refractivity contribution in [1.82, 2.24) is 20.3 Å². The fourth-order valence-electron chi connectivity index (χ4n) is 3.67. The van der Waals surface area contributed by atoms with Crippen LogP contribution in [-0.2, 0) is 6.42 Å². The highest BCUT2D eigenvalue weighted by Gasteiger charge is 2.34. The van der Waals surface area contributed by atoms with E-state index in [4.69, 9.17) is 9.72 Å². The summed E-state index contributed by atoms with van der Waals surface area (Å²) in [4.78, 5) is 37.7. The van der Waals surface area contributed by atoms with Gasteiger partial charge in [0, 0.05) is 29.9 Å². The molecule has 2 aliphatic heterocycles. The SMILES string of the molecule is CC1(C)Cc2nc(N3CCOc4ccc(-c5cnc(=O)[nH]c5)cc43)sc2C(=O)N1. The normalized spacial score (nSPS) is 17.2. The molecule has 2 aromatic heterocycles. The minimum Gasteiger partial charge on any atom is -0.490 e. The predicted molar refractivity (Wildman–Crippen MR) is 110 cm³/mol. The van der Waals surface area contributed by atoms with Gasteiger partial charge in [-0.3, -0.25) is 4.79 Å². The number of hydrogen-bond acceptors (Lipinski definition) is 7. The first-order valence-electron chi connectivity index (χ1n) is 9.31. The highest BCUT2D eigenvalue weighted by Crippen LogP contribution is 2.42. The number of nitrogens with zero attached hydrogens (tertiary/aromatic N) is 3. The molecular weight excluding hydrogens is 390 g/mol. The maximum Gasteiger partial charge on any atom is 0.344 e. The molecular formula is C20H19N5O3S. The fourth-order valence-corrected chi connectivity index (χ4v) is 4.69. The molecule has 0 saturated carbocycles. The van der Waals surface area contributed by atoms with E-state index in [-0.39, 0.29) is 17.1 Å². The molecule has 29 heavy (non-hydrogen) atoms. The second-order valence-electron chi connectivity index (χ2n) is 7.78. The molecule has 0 fully saturated rings. The van der Waals surface area contributed by atoms with Gasteiger partial charge in [0.05, 0.1) is 17.9 Å². The first-order valence-corrected chi connectivity index (χ1v) is 10.1. The van der Waals surface area contributed by atoms with Crippen LogP contribution in [0.4, 0.5) is 10.8 Å². The number of H-pyrrole nitrogens is 1. The molecule has 5 rings (SSSR count). The molecule has 0 radical (unpaired) electrons. The fraction of sp³-hybridized carbons (Fsp3) is 0.300. The van der Waals surface area contributed by atoms with Crippen LogP contribution in [0.3, 0.4) is 0 Å². The number of amides is 1. The van der Waals surface area contributed by atoms with Gasteiger partial charge in [0.15, 0.2) is 5.13 Å². The number of thiazole rings is 1.